The van der Waals surface area contributed by atoms with Crippen LogP contribution in [0.5, 0.6) is 0 Å². The van der Waals surface area contributed by atoms with E-state index in [0.29, 0.717) is 5.13 Å². The Morgan fingerprint density at radius 1 is 1.22 bits per heavy atom. The smallest absolute Gasteiger partial charge is 0.250 e. The molecule has 0 aliphatic carbocycles. The molecule has 114 valence electrons. The number of hydrogen-bond donors (Lipinski definition) is 1. The lowest BCUT2D eigenvalue weighted by molar-refractivity contribution is -0.111. The average molecular weight is 386 g/mol. The third kappa shape index (κ3) is 4.34. The Bertz CT molecular complexity index is 846. The number of carbonyl (C=O) groups is 1. The number of amides is 1. The average Bonchev–Trinajstić information content (AvgIpc) is 3.02. The van der Waals surface area contributed by atoms with Crippen LogP contribution in [0, 0.1) is 0 Å². The maximum Gasteiger partial charge on any atom is 0.250 e. The number of nitrogens with one attached hydrogen (secondary N) is 1. The minimum Gasteiger partial charge on any atom is -0.298 e. The van der Waals surface area contributed by atoms with Crippen LogP contribution in [0.25, 0.3) is 17.3 Å². The molecule has 1 amide bonds. The van der Waals surface area contributed by atoms with Crippen molar-refractivity contribution in [2.24, 2.45) is 0 Å². The maximum absolute atomic E-state index is 11.9. The molecule has 0 atom stereocenters. The van der Waals surface area contributed by atoms with Crippen LogP contribution >= 0.6 is 27.3 Å². The molecule has 2 heterocycles. The number of benzene rings is 1. The van der Waals surface area contributed by atoms with Gasteiger partial charge in [0.1, 0.15) is 0 Å². The van der Waals surface area contributed by atoms with Gasteiger partial charge < -0.3 is 0 Å². The first-order chi connectivity index (χ1) is 11.2. The van der Waals surface area contributed by atoms with Gasteiger partial charge in [-0.3, -0.25) is 15.1 Å². The first-order valence-corrected chi connectivity index (χ1v) is 8.49. The minimum absolute atomic E-state index is 0.231. The van der Waals surface area contributed by atoms with Crippen LogP contribution < -0.4 is 5.32 Å². The summed E-state index contributed by atoms with van der Waals surface area (Å²) in [6, 6.07) is 13.4. The number of aromatic nitrogens is 2. The molecule has 4 nitrogen and oxygen atoms in total. The Morgan fingerprint density at radius 3 is 2.91 bits per heavy atom. The van der Waals surface area contributed by atoms with Gasteiger partial charge >= 0.3 is 0 Å². The molecule has 0 spiro atoms. The van der Waals surface area contributed by atoms with Gasteiger partial charge in [0.05, 0.1) is 11.4 Å². The quantitative estimate of drug-likeness (QED) is 0.666. The second kappa shape index (κ2) is 7.30. The number of carbonyl (C=O) groups excluding carboxylic acids is 1. The normalized spacial score (nSPS) is 10.8. The fraction of sp³-hybridized carbons (Fsp3) is 0. The molecular weight excluding hydrogens is 374 g/mol. The molecule has 23 heavy (non-hydrogen) atoms. The van der Waals surface area contributed by atoms with Crippen molar-refractivity contribution in [3.05, 3.63) is 70.3 Å². The van der Waals surface area contributed by atoms with Crippen LogP contribution in [0.15, 0.2) is 64.6 Å². The highest BCUT2D eigenvalue weighted by Crippen LogP contribution is 2.26. The SMILES string of the molecule is O=C(/C=C/c1ccccn1)Nc1nc(-c2cccc(Br)c2)cs1. The summed E-state index contributed by atoms with van der Waals surface area (Å²) in [6.45, 7) is 0. The van der Waals surface area contributed by atoms with Gasteiger partial charge in [-0.1, -0.05) is 34.1 Å². The molecule has 0 aliphatic rings. The Balaban J connectivity index is 1.67. The summed E-state index contributed by atoms with van der Waals surface area (Å²) in [5, 5.41) is 5.24. The molecule has 0 saturated carbocycles. The molecule has 0 fully saturated rings. The van der Waals surface area contributed by atoms with Gasteiger partial charge in [0.15, 0.2) is 5.13 Å². The molecular formula is C17H12BrN3OS. The lowest BCUT2D eigenvalue weighted by Crippen LogP contribution is -2.07. The zero-order valence-corrected chi connectivity index (χ0v) is 14.3. The summed E-state index contributed by atoms with van der Waals surface area (Å²) >= 11 is 4.83. The third-order valence-corrected chi connectivity index (χ3v) is 4.20. The molecule has 6 heteroatoms. The van der Waals surface area contributed by atoms with Gasteiger partial charge in [0, 0.05) is 27.7 Å². The summed E-state index contributed by atoms with van der Waals surface area (Å²) in [5.74, 6) is -0.231. The molecule has 1 N–H and O–H groups in total. The number of hydrogen-bond acceptors (Lipinski definition) is 4. The maximum atomic E-state index is 11.9. The minimum atomic E-state index is -0.231. The third-order valence-electron chi connectivity index (χ3n) is 2.95. The van der Waals surface area contributed by atoms with Crippen molar-refractivity contribution in [3.8, 4) is 11.3 Å². The zero-order chi connectivity index (χ0) is 16.1. The molecule has 0 saturated heterocycles. The van der Waals surface area contributed by atoms with E-state index in [9.17, 15) is 4.79 Å². The van der Waals surface area contributed by atoms with E-state index in [1.807, 2.05) is 47.8 Å². The first kappa shape index (κ1) is 15.6. The van der Waals surface area contributed by atoms with Crippen LogP contribution in [-0.2, 0) is 4.79 Å². The van der Waals surface area contributed by atoms with Crippen molar-refractivity contribution >= 4 is 44.4 Å². The van der Waals surface area contributed by atoms with Gasteiger partial charge in [-0.2, -0.15) is 0 Å². The fourth-order valence-electron chi connectivity index (χ4n) is 1.89. The van der Waals surface area contributed by atoms with Crippen molar-refractivity contribution in [3.63, 3.8) is 0 Å². The monoisotopic (exact) mass is 385 g/mol. The number of halogens is 1. The zero-order valence-electron chi connectivity index (χ0n) is 11.9. The lowest BCUT2D eigenvalue weighted by Gasteiger charge is -1.98. The Labute approximate surface area is 146 Å². The molecule has 0 radical (unpaired) electrons. The van der Waals surface area contributed by atoms with Gasteiger partial charge in [0.25, 0.3) is 0 Å². The van der Waals surface area contributed by atoms with Gasteiger partial charge in [0.2, 0.25) is 5.91 Å². The van der Waals surface area contributed by atoms with E-state index in [0.717, 1.165) is 21.4 Å². The van der Waals surface area contributed by atoms with Crippen LogP contribution in [0.4, 0.5) is 5.13 Å². The van der Waals surface area contributed by atoms with Gasteiger partial charge in [-0.15, -0.1) is 11.3 Å². The van der Waals surface area contributed by atoms with Crippen LogP contribution in [0.2, 0.25) is 0 Å². The first-order valence-electron chi connectivity index (χ1n) is 6.82. The van der Waals surface area contributed by atoms with Gasteiger partial charge in [-0.05, 0) is 30.3 Å². The van der Waals surface area contributed by atoms with Crippen LogP contribution in [0.1, 0.15) is 5.69 Å². The molecule has 0 unspecified atom stereocenters. The second-order valence-electron chi connectivity index (χ2n) is 4.63. The molecule has 0 bridgehead atoms. The van der Waals surface area contributed by atoms with E-state index in [-0.39, 0.29) is 5.91 Å². The van der Waals surface area contributed by atoms with Crippen LogP contribution in [0.3, 0.4) is 0 Å². The highest BCUT2D eigenvalue weighted by molar-refractivity contribution is 9.10. The number of nitrogens with zero attached hydrogens (tertiary/aromatic N) is 2. The molecule has 2 aromatic heterocycles. The Kier molecular flexibility index (Phi) is 4.95. The topological polar surface area (TPSA) is 54.9 Å². The summed E-state index contributed by atoms with van der Waals surface area (Å²) in [7, 11) is 0. The van der Waals surface area contributed by atoms with E-state index in [4.69, 9.17) is 0 Å². The Morgan fingerprint density at radius 2 is 2.13 bits per heavy atom. The van der Waals surface area contributed by atoms with E-state index in [1.54, 1.807) is 12.3 Å². The van der Waals surface area contributed by atoms with E-state index >= 15 is 0 Å². The van der Waals surface area contributed by atoms with Gasteiger partial charge in [-0.25, -0.2) is 4.98 Å². The largest absolute Gasteiger partial charge is 0.298 e. The molecule has 1 aromatic carbocycles. The van der Waals surface area contributed by atoms with Crippen molar-refractivity contribution in [1.82, 2.24) is 9.97 Å². The predicted molar refractivity (Wildman–Crippen MR) is 97.2 cm³/mol. The van der Waals surface area contributed by atoms with Crippen molar-refractivity contribution in [1.29, 1.82) is 0 Å². The van der Waals surface area contributed by atoms with Crippen molar-refractivity contribution in [2.75, 3.05) is 5.32 Å². The molecule has 3 aromatic rings. The van der Waals surface area contributed by atoms with Crippen molar-refractivity contribution in [2.45, 2.75) is 0 Å². The van der Waals surface area contributed by atoms with Crippen LogP contribution in [-0.4, -0.2) is 15.9 Å². The van der Waals surface area contributed by atoms with E-state index in [1.165, 1.54) is 17.4 Å². The second-order valence-corrected chi connectivity index (χ2v) is 6.40. The predicted octanol–water partition coefficient (Wildman–Crippen LogP) is 4.62. The number of pyridine rings is 1. The number of rotatable bonds is 4. The highest BCUT2D eigenvalue weighted by Gasteiger charge is 2.06. The molecule has 3 rings (SSSR count). The lowest BCUT2D eigenvalue weighted by atomic mass is 10.2. The molecule has 0 aliphatic heterocycles. The highest BCUT2D eigenvalue weighted by atomic mass is 79.9. The summed E-state index contributed by atoms with van der Waals surface area (Å²) < 4.78 is 0.992. The summed E-state index contributed by atoms with van der Waals surface area (Å²) in [4.78, 5) is 20.5. The summed E-state index contributed by atoms with van der Waals surface area (Å²) in [6.07, 6.45) is 4.79. The standard InChI is InChI=1S/C17H12BrN3OS/c18-13-5-3-4-12(10-13)15-11-23-17(20-15)21-16(22)8-7-14-6-1-2-9-19-14/h1-11H,(H,20,21,22)/b8-7+. The van der Waals surface area contributed by atoms with E-state index < -0.39 is 0 Å². The van der Waals surface area contributed by atoms with E-state index in [2.05, 4.69) is 31.2 Å². The number of anilines is 1. The van der Waals surface area contributed by atoms with Crippen molar-refractivity contribution < 1.29 is 4.79 Å². The number of thiazole rings is 1. The summed E-state index contributed by atoms with van der Waals surface area (Å²) in [5.41, 5.74) is 2.57. The fourth-order valence-corrected chi connectivity index (χ4v) is 3.02. The Hall–Kier alpha value is -2.31.